The molecule has 2 amide bonds. The van der Waals surface area contributed by atoms with Gasteiger partial charge in [0.1, 0.15) is 24.4 Å². The summed E-state index contributed by atoms with van der Waals surface area (Å²) in [6.45, 7) is 1.35. The van der Waals surface area contributed by atoms with Gasteiger partial charge in [0.25, 0.3) is 0 Å². The highest BCUT2D eigenvalue weighted by Gasteiger charge is 2.47. The lowest BCUT2D eigenvalue weighted by molar-refractivity contribution is -0.258. The number of halogens is 1. The number of carbonyl (C=O) groups excluding carboxylic acids is 1. The Morgan fingerprint density at radius 1 is 1.16 bits per heavy atom. The monoisotopic (exact) mass is 383 g/mol. The van der Waals surface area contributed by atoms with Crippen LogP contribution in [-0.2, 0) is 4.74 Å². The molecule has 0 saturated carbocycles. The van der Waals surface area contributed by atoms with Gasteiger partial charge in [0.15, 0.2) is 6.23 Å². The van der Waals surface area contributed by atoms with Gasteiger partial charge < -0.3 is 25.2 Å². The van der Waals surface area contributed by atoms with Crippen LogP contribution >= 0.6 is 11.6 Å². The van der Waals surface area contributed by atoms with Gasteiger partial charge in [-0.1, -0.05) is 19.8 Å². The van der Waals surface area contributed by atoms with E-state index >= 15 is 0 Å². The smallest absolute Gasteiger partial charge is 0.345 e. The summed E-state index contributed by atoms with van der Waals surface area (Å²) in [4.78, 5) is 24.6. The number of hydrogen-bond donors (Lipinski definition) is 4. The first kappa shape index (κ1) is 22.0. The summed E-state index contributed by atoms with van der Waals surface area (Å²) in [5.74, 6) is -0.0189. The molecule has 1 unspecified atom stereocenters. The largest absolute Gasteiger partial charge is 0.394 e. The molecule has 4 N–H and O–H groups in total. The molecule has 0 aromatic heterocycles. The predicted octanol–water partition coefficient (Wildman–Crippen LogP) is -0.379. The number of aliphatic hydroxyl groups is 4. The normalized spacial score (nSPS) is 29.3. The number of urea groups is 1. The number of carbonyl (C=O) groups is 1. The molecule has 1 aliphatic rings. The summed E-state index contributed by atoms with van der Waals surface area (Å²) in [5, 5.41) is 42.5. The maximum absolute atomic E-state index is 12.6. The van der Waals surface area contributed by atoms with Crippen LogP contribution in [0.2, 0.25) is 0 Å². The molecule has 0 bridgehead atoms. The molecule has 25 heavy (non-hydrogen) atoms. The highest BCUT2D eigenvalue weighted by molar-refractivity contribution is 6.18. The summed E-state index contributed by atoms with van der Waals surface area (Å²) < 4.78 is 5.41. The fourth-order valence-corrected chi connectivity index (χ4v) is 2.76. The van der Waals surface area contributed by atoms with E-state index in [9.17, 15) is 30.1 Å². The molecule has 0 aromatic rings. The van der Waals surface area contributed by atoms with Crippen LogP contribution in [0.4, 0.5) is 4.79 Å². The lowest BCUT2D eigenvalue weighted by Gasteiger charge is -2.44. The number of alkyl halides is 1. The Kier molecular flexibility index (Phi) is 9.54. The number of amides is 2. The van der Waals surface area contributed by atoms with E-state index in [1.54, 1.807) is 0 Å². The second-order valence-corrected chi connectivity index (χ2v) is 6.17. The first-order chi connectivity index (χ1) is 11.9. The van der Waals surface area contributed by atoms with E-state index in [-0.39, 0.29) is 19.0 Å². The van der Waals surface area contributed by atoms with Gasteiger partial charge in [0.2, 0.25) is 0 Å². The fourth-order valence-electron chi connectivity index (χ4n) is 2.60. The van der Waals surface area contributed by atoms with Gasteiger partial charge in [0, 0.05) is 12.4 Å². The van der Waals surface area contributed by atoms with Gasteiger partial charge in [-0.15, -0.1) is 16.5 Å². The van der Waals surface area contributed by atoms with Gasteiger partial charge in [0.05, 0.1) is 18.4 Å². The molecule has 5 atom stereocenters. The van der Waals surface area contributed by atoms with Crippen LogP contribution in [0.5, 0.6) is 0 Å². The molecule has 1 aliphatic heterocycles. The number of aliphatic hydroxyl groups excluding tert-OH is 4. The summed E-state index contributed by atoms with van der Waals surface area (Å²) in [5.41, 5.74) is 0. The van der Waals surface area contributed by atoms with Crippen LogP contribution in [0, 0.1) is 4.91 Å². The molecule has 0 aliphatic carbocycles. The van der Waals surface area contributed by atoms with Crippen molar-refractivity contribution < 1.29 is 30.0 Å². The van der Waals surface area contributed by atoms with Crippen molar-refractivity contribution in [3.05, 3.63) is 4.91 Å². The first-order valence-electron chi connectivity index (χ1n) is 8.20. The molecular formula is C14H26ClN3O7. The van der Waals surface area contributed by atoms with Crippen LogP contribution < -0.4 is 0 Å². The highest BCUT2D eigenvalue weighted by Crippen LogP contribution is 2.25. The second-order valence-electron chi connectivity index (χ2n) is 5.80. The molecule has 0 radical (unpaired) electrons. The van der Waals surface area contributed by atoms with E-state index in [4.69, 9.17) is 16.3 Å². The Bertz CT molecular complexity index is 429. The van der Waals surface area contributed by atoms with Crippen LogP contribution in [0.1, 0.15) is 26.2 Å². The topological polar surface area (TPSA) is 143 Å². The Balaban J connectivity index is 3.03. The summed E-state index contributed by atoms with van der Waals surface area (Å²) in [6.07, 6.45) is -5.07. The Hall–Kier alpha value is -1.04. The quantitative estimate of drug-likeness (QED) is 0.184. The minimum atomic E-state index is -1.62. The van der Waals surface area contributed by atoms with Gasteiger partial charge in [-0.05, 0) is 6.42 Å². The molecule has 1 heterocycles. The fraction of sp³-hybridized carbons (Fsp3) is 0.929. The third-order valence-electron chi connectivity index (χ3n) is 4.04. The lowest BCUT2D eigenvalue weighted by Crippen LogP contribution is -2.65. The highest BCUT2D eigenvalue weighted by atomic mass is 35.5. The Morgan fingerprint density at radius 3 is 2.36 bits per heavy atom. The molecule has 10 nitrogen and oxygen atoms in total. The van der Waals surface area contributed by atoms with Crippen LogP contribution in [-0.4, -0.2) is 92.6 Å². The molecule has 146 valence electrons. The molecular weight excluding hydrogens is 358 g/mol. The maximum atomic E-state index is 12.6. The van der Waals surface area contributed by atoms with Crippen LogP contribution in [0.15, 0.2) is 5.29 Å². The van der Waals surface area contributed by atoms with Gasteiger partial charge in [-0.25, -0.2) is 4.79 Å². The van der Waals surface area contributed by atoms with Gasteiger partial charge in [-0.2, -0.15) is 5.01 Å². The number of nitroso groups, excluding NO2 is 1. The first-order valence-corrected chi connectivity index (χ1v) is 8.74. The van der Waals surface area contributed by atoms with Crippen molar-refractivity contribution in [1.29, 1.82) is 0 Å². The van der Waals surface area contributed by atoms with Crippen LogP contribution in [0.3, 0.4) is 0 Å². The molecule has 11 heteroatoms. The van der Waals surface area contributed by atoms with Gasteiger partial charge >= 0.3 is 6.03 Å². The van der Waals surface area contributed by atoms with E-state index in [1.165, 1.54) is 0 Å². The van der Waals surface area contributed by atoms with Crippen molar-refractivity contribution in [3.8, 4) is 0 Å². The zero-order valence-electron chi connectivity index (χ0n) is 14.1. The molecule has 1 saturated heterocycles. The Labute approximate surface area is 150 Å². The number of nitrogens with zero attached hydrogens (tertiary/aromatic N) is 3. The van der Waals surface area contributed by atoms with E-state index < -0.39 is 43.3 Å². The number of ether oxygens (including phenoxy) is 1. The van der Waals surface area contributed by atoms with E-state index in [0.717, 1.165) is 17.7 Å². The van der Waals surface area contributed by atoms with Crippen LogP contribution in [0.25, 0.3) is 0 Å². The van der Waals surface area contributed by atoms with Crippen molar-refractivity contribution in [1.82, 2.24) is 9.91 Å². The van der Waals surface area contributed by atoms with Crippen molar-refractivity contribution in [2.75, 3.05) is 25.6 Å². The Morgan fingerprint density at radius 2 is 1.84 bits per heavy atom. The summed E-state index contributed by atoms with van der Waals surface area (Å²) >= 11 is 5.55. The average molecular weight is 384 g/mol. The average Bonchev–Trinajstić information content (AvgIpc) is 2.62. The SMILES string of the molecule is CCCCCN(C(=O)N(CCCl)N=O)C1O[C@H](CO)[C@@H](O)[C@H](O)[C@H]1O. The van der Waals surface area contributed by atoms with E-state index in [0.29, 0.717) is 11.4 Å². The molecule has 0 spiro atoms. The number of rotatable bonds is 9. The van der Waals surface area contributed by atoms with Crippen molar-refractivity contribution in [3.63, 3.8) is 0 Å². The summed E-state index contributed by atoms with van der Waals surface area (Å²) in [6, 6.07) is -0.837. The van der Waals surface area contributed by atoms with Gasteiger partial charge in [-0.3, -0.25) is 4.90 Å². The minimum absolute atomic E-state index is 0.0189. The van der Waals surface area contributed by atoms with Crippen molar-refractivity contribution >= 4 is 17.6 Å². The third-order valence-corrected chi connectivity index (χ3v) is 4.21. The lowest BCUT2D eigenvalue weighted by atomic mass is 9.97. The number of hydrogen-bond acceptors (Lipinski definition) is 8. The molecule has 1 rings (SSSR count). The zero-order chi connectivity index (χ0) is 19.0. The number of unbranched alkanes of at least 4 members (excludes halogenated alkanes) is 2. The molecule has 0 aromatic carbocycles. The minimum Gasteiger partial charge on any atom is -0.394 e. The van der Waals surface area contributed by atoms with E-state index in [2.05, 4.69) is 5.29 Å². The second kappa shape index (κ2) is 10.8. The summed E-state index contributed by atoms with van der Waals surface area (Å²) in [7, 11) is 0. The molecule has 1 fully saturated rings. The van der Waals surface area contributed by atoms with Crippen molar-refractivity contribution in [2.24, 2.45) is 5.29 Å². The van der Waals surface area contributed by atoms with E-state index in [1.807, 2.05) is 6.92 Å². The maximum Gasteiger partial charge on any atom is 0.345 e. The predicted molar refractivity (Wildman–Crippen MR) is 88.6 cm³/mol. The third kappa shape index (κ3) is 5.47. The standard InChI is InChI=1S/C14H26ClN3O7/c1-2-3-4-6-17(14(23)18(16-24)7-5-15)13-12(22)11(21)10(20)9(8-19)25-13/h9-13,19-22H,2-8H2,1H3/t9-,10-,11+,12-,13?/m1/s1. The van der Waals surface area contributed by atoms with Crippen molar-refractivity contribution in [2.45, 2.75) is 56.8 Å². The zero-order valence-corrected chi connectivity index (χ0v) is 14.8.